The van der Waals surface area contributed by atoms with Gasteiger partial charge in [0.1, 0.15) is 19.8 Å². The van der Waals surface area contributed by atoms with Crippen LogP contribution in [0.1, 0.15) is 168 Å². The Kier molecular flexibility index (Phi) is 35.8. The fourth-order valence-corrected chi connectivity index (χ4v) is 6.39. The minimum absolute atomic E-state index is 0.0488. The number of carbonyl (C=O) groups is 2. The van der Waals surface area contributed by atoms with E-state index in [9.17, 15) is 24.2 Å². The van der Waals surface area contributed by atoms with Gasteiger partial charge in [-0.1, -0.05) is 159 Å². The van der Waals surface area contributed by atoms with Crippen molar-refractivity contribution in [2.75, 3.05) is 47.5 Å². The first-order chi connectivity index (χ1) is 26.9. The van der Waals surface area contributed by atoms with Crippen LogP contribution in [-0.4, -0.2) is 81.2 Å². The van der Waals surface area contributed by atoms with Gasteiger partial charge >= 0.3 is 11.9 Å². The van der Waals surface area contributed by atoms with E-state index in [0.717, 1.165) is 57.8 Å². The van der Waals surface area contributed by atoms with E-state index in [1.165, 1.54) is 70.6 Å². The van der Waals surface area contributed by atoms with E-state index in [4.69, 9.17) is 18.5 Å². The van der Waals surface area contributed by atoms with Crippen LogP contribution < -0.4 is 4.89 Å². The molecule has 0 aromatic heterocycles. The fraction of sp³-hybridized carbons (Fsp3) is 0.778. The molecule has 0 aromatic carbocycles. The summed E-state index contributed by atoms with van der Waals surface area (Å²) < 4.78 is 33.8. The lowest BCUT2D eigenvalue weighted by Gasteiger charge is -2.28. The van der Waals surface area contributed by atoms with Crippen LogP contribution in [0.25, 0.3) is 0 Å². The standard InChI is InChI=1S/C45H82NO9P/c1-6-8-10-11-12-13-14-15-16-20-23-26-29-32-36-44(48)52-40-43(41-54-56(50,51)53-39-38-46(3,4)5)55-45(49)37-33-30-27-24-21-18-17-19-22-25-28-31-35-42(47)34-9-7-2/h17-18,22,24-25,27,31,35,42-43,47H,6-16,19-21,23,26,28-30,32-34,36-41H2,1-5H3/b18-17-,25-22-,27-24-,35-31-/t42-,43-/m1/s1. The smallest absolute Gasteiger partial charge is 0.306 e. The van der Waals surface area contributed by atoms with Crippen molar-refractivity contribution in [1.29, 1.82) is 0 Å². The highest BCUT2D eigenvalue weighted by atomic mass is 31.2. The van der Waals surface area contributed by atoms with Gasteiger partial charge in [0.25, 0.3) is 7.82 Å². The maximum Gasteiger partial charge on any atom is 0.306 e. The molecule has 326 valence electrons. The number of allylic oxidation sites excluding steroid dienone is 7. The maximum atomic E-state index is 12.6. The predicted octanol–water partition coefficient (Wildman–Crippen LogP) is 10.6. The van der Waals surface area contributed by atoms with Gasteiger partial charge in [0.05, 0.1) is 33.9 Å². The quantitative estimate of drug-likeness (QED) is 0.0212. The summed E-state index contributed by atoms with van der Waals surface area (Å²) in [6, 6.07) is 0. The Morgan fingerprint density at radius 1 is 0.643 bits per heavy atom. The second-order valence-electron chi connectivity index (χ2n) is 15.9. The van der Waals surface area contributed by atoms with Crippen molar-refractivity contribution in [3.8, 4) is 0 Å². The molecule has 0 aliphatic rings. The second-order valence-corrected chi connectivity index (χ2v) is 17.3. The summed E-state index contributed by atoms with van der Waals surface area (Å²) in [5, 5.41) is 9.82. The number of phosphoric ester groups is 1. The van der Waals surface area contributed by atoms with Crippen LogP contribution in [0, 0.1) is 0 Å². The van der Waals surface area contributed by atoms with Gasteiger partial charge < -0.3 is 33.0 Å². The van der Waals surface area contributed by atoms with Crippen molar-refractivity contribution >= 4 is 19.8 Å². The minimum Gasteiger partial charge on any atom is -0.756 e. The number of ether oxygens (including phenoxy) is 2. The van der Waals surface area contributed by atoms with Crippen LogP contribution in [0.4, 0.5) is 0 Å². The van der Waals surface area contributed by atoms with Crippen molar-refractivity contribution in [3.63, 3.8) is 0 Å². The van der Waals surface area contributed by atoms with Gasteiger partial charge in [0.2, 0.25) is 0 Å². The number of unbranched alkanes of at least 4 members (excludes halogenated alkanes) is 15. The third-order valence-electron chi connectivity index (χ3n) is 9.17. The summed E-state index contributed by atoms with van der Waals surface area (Å²) in [4.78, 5) is 37.5. The first-order valence-electron chi connectivity index (χ1n) is 21.9. The minimum atomic E-state index is -4.65. The number of aliphatic hydroxyl groups is 1. The Morgan fingerprint density at radius 3 is 1.70 bits per heavy atom. The zero-order chi connectivity index (χ0) is 41.6. The molecule has 1 unspecified atom stereocenters. The molecule has 0 spiro atoms. The van der Waals surface area contributed by atoms with Gasteiger partial charge in [-0.3, -0.25) is 14.2 Å². The van der Waals surface area contributed by atoms with Gasteiger partial charge in [-0.2, -0.15) is 0 Å². The molecule has 56 heavy (non-hydrogen) atoms. The molecule has 0 amide bonds. The van der Waals surface area contributed by atoms with Gasteiger partial charge in [0, 0.05) is 12.8 Å². The van der Waals surface area contributed by atoms with Crippen molar-refractivity contribution in [2.45, 2.75) is 180 Å². The van der Waals surface area contributed by atoms with Gasteiger partial charge in [-0.05, 0) is 44.9 Å². The first kappa shape index (κ1) is 53.9. The normalized spacial score (nSPS) is 14.6. The molecule has 0 aliphatic heterocycles. The monoisotopic (exact) mass is 812 g/mol. The molecule has 0 radical (unpaired) electrons. The number of phosphoric acid groups is 1. The molecule has 3 atom stereocenters. The molecule has 1 N–H and O–H groups in total. The van der Waals surface area contributed by atoms with Crippen molar-refractivity contribution in [1.82, 2.24) is 0 Å². The molecule has 0 saturated carbocycles. The number of rotatable bonds is 39. The Balaban J connectivity index is 4.49. The van der Waals surface area contributed by atoms with E-state index in [1.807, 2.05) is 45.4 Å². The summed E-state index contributed by atoms with van der Waals surface area (Å²) in [5.41, 5.74) is 0. The van der Waals surface area contributed by atoms with Gasteiger partial charge in [-0.25, -0.2) is 0 Å². The summed E-state index contributed by atoms with van der Waals surface area (Å²) in [6.07, 6.45) is 39.1. The number of aliphatic hydroxyl groups excluding tert-OH is 1. The number of hydrogen-bond acceptors (Lipinski definition) is 9. The van der Waals surface area contributed by atoms with E-state index in [2.05, 4.69) is 38.2 Å². The lowest BCUT2D eigenvalue weighted by Crippen LogP contribution is -2.37. The van der Waals surface area contributed by atoms with Crippen LogP contribution >= 0.6 is 7.82 Å². The van der Waals surface area contributed by atoms with E-state index < -0.39 is 32.5 Å². The zero-order valence-electron chi connectivity index (χ0n) is 36.2. The Hall–Kier alpha value is -2.07. The van der Waals surface area contributed by atoms with E-state index in [0.29, 0.717) is 23.9 Å². The maximum absolute atomic E-state index is 12.6. The molecule has 0 aliphatic carbocycles. The van der Waals surface area contributed by atoms with Crippen molar-refractivity contribution < 1.29 is 47.2 Å². The molecular weight excluding hydrogens is 729 g/mol. The summed E-state index contributed by atoms with van der Waals surface area (Å²) in [7, 11) is 1.10. The highest BCUT2D eigenvalue weighted by Crippen LogP contribution is 2.38. The van der Waals surface area contributed by atoms with Gasteiger partial charge in [-0.15, -0.1) is 0 Å². The molecule has 0 rings (SSSR count). The molecule has 0 bridgehead atoms. The highest BCUT2D eigenvalue weighted by Gasteiger charge is 2.21. The average Bonchev–Trinajstić information content (AvgIpc) is 3.14. The molecule has 0 saturated heterocycles. The predicted molar refractivity (Wildman–Crippen MR) is 228 cm³/mol. The van der Waals surface area contributed by atoms with E-state index >= 15 is 0 Å². The van der Waals surface area contributed by atoms with Crippen molar-refractivity contribution in [2.24, 2.45) is 0 Å². The lowest BCUT2D eigenvalue weighted by atomic mass is 10.0. The second kappa shape index (κ2) is 37.2. The zero-order valence-corrected chi connectivity index (χ0v) is 37.1. The van der Waals surface area contributed by atoms with Crippen LogP contribution in [0.15, 0.2) is 48.6 Å². The lowest BCUT2D eigenvalue weighted by molar-refractivity contribution is -0.870. The number of hydrogen-bond donors (Lipinski definition) is 1. The number of esters is 2. The molecule has 0 fully saturated rings. The Labute approximate surface area is 342 Å². The van der Waals surface area contributed by atoms with Crippen LogP contribution in [0.2, 0.25) is 0 Å². The Morgan fingerprint density at radius 2 is 1.14 bits per heavy atom. The molecule has 11 heteroatoms. The highest BCUT2D eigenvalue weighted by molar-refractivity contribution is 7.45. The molecule has 0 heterocycles. The van der Waals surface area contributed by atoms with Gasteiger partial charge in [0.15, 0.2) is 6.10 Å². The summed E-state index contributed by atoms with van der Waals surface area (Å²) >= 11 is 0. The molecule has 10 nitrogen and oxygen atoms in total. The van der Waals surface area contributed by atoms with Crippen LogP contribution in [-0.2, 0) is 32.7 Å². The van der Waals surface area contributed by atoms with Crippen LogP contribution in [0.5, 0.6) is 0 Å². The van der Waals surface area contributed by atoms with Crippen LogP contribution in [0.3, 0.4) is 0 Å². The topological polar surface area (TPSA) is 131 Å². The van der Waals surface area contributed by atoms with Crippen molar-refractivity contribution in [3.05, 3.63) is 48.6 Å². The van der Waals surface area contributed by atoms with E-state index in [1.54, 1.807) is 0 Å². The number of nitrogens with zero attached hydrogens (tertiary/aromatic N) is 1. The fourth-order valence-electron chi connectivity index (χ4n) is 5.67. The third kappa shape index (κ3) is 40.1. The number of quaternary nitrogens is 1. The largest absolute Gasteiger partial charge is 0.756 e. The molecule has 0 aromatic rings. The summed E-state index contributed by atoms with van der Waals surface area (Å²) in [5.74, 6) is -0.922. The van der Waals surface area contributed by atoms with E-state index in [-0.39, 0.29) is 32.2 Å². The number of carbonyl (C=O) groups excluding carboxylic acids is 2. The summed E-state index contributed by atoms with van der Waals surface area (Å²) in [6.45, 7) is 3.99. The third-order valence-corrected chi connectivity index (χ3v) is 10.1. The first-order valence-corrected chi connectivity index (χ1v) is 23.4. The Bertz CT molecular complexity index is 1120. The number of likely N-dealkylation sites (N-methyl/N-ethyl adjacent to an activating group) is 1. The SMILES string of the molecule is CCCCCCCCCCCCCCCCC(=O)OC[C@H](COP(=O)([O-])OCC[N+](C)(C)C)OC(=O)CCC/C=C\C/C=C\C/C=C\C/C=C\[C@H](O)CCCC. The average molecular weight is 812 g/mol. The molecular formula is C45H82NO9P.